The largest absolute Gasteiger partial charge is 0.462 e. The molecular weight excluding hydrogens is 408 g/mol. The van der Waals surface area contributed by atoms with Gasteiger partial charge in [0, 0.05) is 43.0 Å². The van der Waals surface area contributed by atoms with Crippen molar-refractivity contribution in [3.8, 4) is 11.3 Å². The molecule has 7 nitrogen and oxygen atoms in total. The van der Waals surface area contributed by atoms with Crippen LogP contribution in [0.1, 0.15) is 38.2 Å². The average Bonchev–Trinajstić information content (AvgIpc) is 3.33. The zero-order valence-corrected chi connectivity index (χ0v) is 17.8. The highest BCUT2D eigenvalue weighted by Crippen LogP contribution is 2.34. The lowest BCUT2D eigenvalue weighted by Crippen LogP contribution is -2.49. The highest BCUT2D eigenvalue weighted by molar-refractivity contribution is 5.95. The van der Waals surface area contributed by atoms with Gasteiger partial charge in [-0.25, -0.2) is 4.79 Å². The molecule has 2 heterocycles. The number of furan rings is 1. The summed E-state index contributed by atoms with van der Waals surface area (Å²) in [6.45, 7) is 4.45. The van der Waals surface area contributed by atoms with Crippen LogP contribution < -0.4 is 4.90 Å². The molecule has 7 heteroatoms. The van der Waals surface area contributed by atoms with E-state index in [0.717, 1.165) is 5.69 Å². The molecule has 0 N–H and O–H groups in total. The predicted octanol–water partition coefficient (Wildman–Crippen LogP) is 3.90. The summed E-state index contributed by atoms with van der Waals surface area (Å²) < 4.78 is 10.8. The van der Waals surface area contributed by atoms with Crippen molar-refractivity contribution in [1.29, 1.82) is 0 Å². The molecule has 4 rings (SSSR count). The minimum atomic E-state index is -0.416. The summed E-state index contributed by atoms with van der Waals surface area (Å²) in [5.74, 6) is 0.312. The highest BCUT2D eigenvalue weighted by atomic mass is 16.5. The summed E-state index contributed by atoms with van der Waals surface area (Å²) >= 11 is 0. The molecule has 3 aromatic rings. The Kier molecular flexibility index (Phi) is 6.35. The number of piperazine rings is 1. The smallest absolute Gasteiger partial charge is 0.338 e. The fourth-order valence-electron chi connectivity index (χ4n) is 3.83. The first-order valence-electron chi connectivity index (χ1n) is 10.6. The number of hydrogen-bond donors (Lipinski definition) is 0. The van der Waals surface area contributed by atoms with E-state index in [1.54, 1.807) is 31.2 Å². The molecule has 0 saturated carbocycles. The third kappa shape index (κ3) is 4.42. The van der Waals surface area contributed by atoms with Crippen molar-refractivity contribution in [1.82, 2.24) is 4.90 Å². The van der Waals surface area contributed by atoms with Gasteiger partial charge in [-0.3, -0.25) is 9.59 Å². The second-order valence-electron chi connectivity index (χ2n) is 7.42. The number of benzene rings is 2. The van der Waals surface area contributed by atoms with E-state index < -0.39 is 5.97 Å². The first kappa shape index (κ1) is 21.4. The van der Waals surface area contributed by atoms with E-state index in [4.69, 9.17) is 9.15 Å². The topological polar surface area (TPSA) is 80.1 Å². The van der Waals surface area contributed by atoms with Crippen LogP contribution in [0.3, 0.4) is 0 Å². The zero-order valence-electron chi connectivity index (χ0n) is 17.8. The Morgan fingerprint density at radius 3 is 2.38 bits per heavy atom. The van der Waals surface area contributed by atoms with Crippen LogP contribution in [0.15, 0.2) is 65.1 Å². The summed E-state index contributed by atoms with van der Waals surface area (Å²) in [5.41, 5.74) is 2.66. The number of carbonyl (C=O) groups excluding carboxylic acids is 3. The molecule has 0 atom stereocenters. The van der Waals surface area contributed by atoms with Crippen molar-refractivity contribution in [3.05, 3.63) is 77.6 Å². The van der Waals surface area contributed by atoms with E-state index >= 15 is 0 Å². The van der Waals surface area contributed by atoms with Crippen LogP contribution in [0.4, 0.5) is 5.69 Å². The number of rotatable bonds is 6. The molecule has 0 bridgehead atoms. The standard InChI is InChI=1S/C25H24N2O5/c1-2-31-25(30)19-8-10-22(21(16-19)23-11-9-20(17-28)32-23)26-12-14-27(15-13-26)24(29)18-6-4-3-5-7-18/h3-11,16-17H,2,12-15H2,1H3. The van der Waals surface area contributed by atoms with Crippen LogP contribution in [0, 0.1) is 0 Å². The number of nitrogens with zero attached hydrogens (tertiary/aromatic N) is 2. The number of carbonyl (C=O) groups is 3. The van der Waals surface area contributed by atoms with Crippen LogP contribution in [0.25, 0.3) is 11.3 Å². The van der Waals surface area contributed by atoms with Crippen LogP contribution in [0.2, 0.25) is 0 Å². The van der Waals surface area contributed by atoms with Gasteiger partial charge in [-0.15, -0.1) is 0 Å². The lowest BCUT2D eigenvalue weighted by Gasteiger charge is -2.37. The van der Waals surface area contributed by atoms with Gasteiger partial charge in [0.2, 0.25) is 0 Å². The van der Waals surface area contributed by atoms with Gasteiger partial charge in [0.15, 0.2) is 12.0 Å². The van der Waals surface area contributed by atoms with E-state index in [0.29, 0.717) is 54.9 Å². The number of esters is 1. The van der Waals surface area contributed by atoms with Gasteiger partial charge in [0.25, 0.3) is 5.91 Å². The molecule has 0 spiro atoms. The molecule has 0 radical (unpaired) electrons. The SMILES string of the molecule is CCOC(=O)c1ccc(N2CCN(C(=O)c3ccccc3)CC2)c(-c2ccc(C=O)o2)c1. The molecule has 1 aromatic heterocycles. The highest BCUT2D eigenvalue weighted by Gasteiger charge is 2.25. The normalized spacial score (nSPS) is 13.7. The Morgan fingerprint density at radius 2 is 1.72 bits per heavy atom. The number of anilines is 1. The Morgan fingerprint density at radius 1 is 0.969 bits per heavy atom. The fourth-order valence-corrected chi connectivity index (χ4v) is 3.83. The first-order valence-corrected chi connectivity index (χ1v) is 10.6. The summed E-state index contributed by atoms with van der Waals surface area (Å²) in [6.07, 6.45) is 0.645. The maximum absolute atomic E-state index is 12.8. The Labute approximate surface area is 186 Å². The summed E-state index contributed by atoms with van der Waals surface area (Å²) in [6, 6.07) is 17.9. The summed E-state index contributed by atoms with van der Waals surface area (Å²) in [7, 11) is 0. The first-order chi connectivity index (χ1) is 15.6. The van der Waals surface area contributed by atoms with Gasteiger partial charge >= 0.3 is 5.97 Å². The Balaban J connectivity index is 1.58. The van der Waals surface area contributed by atoms with Crippen molar-refractivity contribution >= 4 is 23.9 Å². The monoisotopic (exact) mass is 432 g/mol. The number of ether oxygens (including phenoxy) is 1. The van der Waals surface area contributed by atoms with Crippen LogP contribution in [-0.4, -0.2) is 55.8 Å². The number of hydrogen-bond acceptors (Lipinski definition) is 6. The van der Waals surface area contributed by atoms with E-state index in [2.05, 4.69) is 4.90 Å². The number of aldehydes is 1. The van der Waals surface area contributed by atoms with Crippen molar-refractivity contribution in [3.63, 3.8) is 0 Å². The lowest BCUT2D eigenvalue weighted by molar-refractivity contribution is 0.0526. The second kappa shape index (κ2) is 9.51. The molecule has 1 amide bonds. The molecular formula is C25H24N2O5. The minimum Gasteiger partial charge on any atom is -0.462 e. The van der Waals surface area contributed by atoms with Crippen LogP contribution in [0.5, 0.6) is 0 Å². The third-order valence-electron chi connectivity index (χ3n) is 5.44. The van der Waals surface area contributed by atoms with E-state index in [1.807, 2.05) is 41.3 Å². The van der Waals surface area contributed by atoms with Gasteiger partial charge in [-0.1, -0.05) is 18.2 Å². The van der Waals surface area contributed by atoms with Crippen molar-refractivity contribution in [2.45, 2.75) is 6.92 Å². The fraction of sp³-hybridized carbons (Fsp3) is 0.240. The van der Waals surface area contributed by atoms with Crippen molar-refractivity contribution < 1.29 is 23.5 Å². The second-order valence-corrected chi connectivity index (χ2v) is 7.42. The summed E-state index contributed by atoms with van der Waals surface area (Å²) in [5, 5.41) is 0. The maximum Gasteiger partial charge on any atom is 0.338 e. The molecule has 0 aliphatic carbocycles. The minimum absolute atomic E-state index is 0.0183. The van der Waals surface area contributed by atoms with E-state index in [1.165, 1.54) is 0 Å². The Hall–Kier alpha value is -3.87. The van der Waals surface area contributed by atoms with Gasteiger partial charge in [-0.2, -0.15) is 0 Å². The van der Waals surface area contributed by atoms with Gasteiger partial charge < -0.3 is 19.0 Å². The van der Waals surface area contributed by atoms with E-state index in [-0.39, 0.29) is 18.3 Å². The van der Waals surface area contributed by atoms with Crippen LogP contribution in [-0.2, 0) is 4.74 Å². The number of amides is 1. The van der Waals surface area contributed by atoms with Gasteiger partial charge in [0.05, 0.1) is 12.2 Å². The van der Waals surface area contributed by atoms with Crippen molar-refractivity contribution in [2.24, 2.45) is 0 Å². The quantitative estimate of drug-likeness (QED) is 0.434. The zero-order chi connectivity index (χ0) is 22.5. The molecule has 32 heavy (non-hydrogen) atoms. The van der Waals surface area contributed by atoms with E-state index in [9.17, 15) is 14.4 Å². The summed E-state index contributed by atoms with van der Waals surface area (Å²) in [4.78, 5) is 40.1. The van der Waals surface area contributed by atoms with Crippen LogP contribution >= 0.6 is 0 Å². The molecule has 1 aliphatic rings. The molecule has 1 aliphatic heterocycles. The van der Waals surface area contributed by atoms with Crippen molar-refractivity contribution in [2.75, 3.05) is 37.7 Å². The van der Waals surface area contributed by atoms with Gasteiger partial charge in [0.1, 0.15) is 5.76 Å². The van der Waals surface area contributed by atoms with Gasteiger partial charge in [-0.05, 0) is 49.4 Å². The average molecular weight is 432 g/mol. The molecule has 164 valence electrons. The molecule has 1 saturated heterocycles. The Bertz CT molecular complexity index is 1110. The molecule has 2 aromatic carbocycles. The predicted molar refractivity (Wildman–Crippen MR) is 120 cm³/mol. The molecule has 0 unspecified atom stereocenters. The maximum atomic E-state index is 12.8. The lowest BCUT2D eigenvalue weighted by atomic mass is 10.0. The molecule has 1 fully saturated rings. The third-order valence-corrected chi connectivity index (χ3v) is 5.44.